The smallest absolute Gasteiger partial charge is 0.352 e. The molecule has 0 unspecified atom stereocenters. The van der Waals surface area contributed by atoms with Crippen molar-refractivity contribution in [2.75, 3.05) is 12.0 Å². The Kier molecular flexibility index (Phi) is 4.43. The van der Waals surface area contributed by atoms with Gasteiger partial charge in [-0.3, -0.25) is 4.79 Å². The van der Waals surface area contributed by atoms with Crippen molar-refractivity contribution < 1.29 is 22.4 Å². The van der Waals surface area contributed by atoms with Crippen LogP contribution in [-0.2, 0) is 0 Å². The van der Waals surface area contributed by atoms with E-state index < -0.39 is 36.4 Å². The van der Waals surface area contributed by atoms with E-state index in [1.165, 1.54) is 0 Å². The van der Waals surface area contributed by atoms with Gasteiger partial charge in [0.1, 0.15) is 0 Å². The summed E-state index contributed by atoms with van der Waals surface area (Å²) in [6.45, 7) is -0.629. The SMILES string of the molecule is NNc1nccc(C(=O)NCCC(F)(F)F)c1F. The standard InChI is InChI=1S/C9H10F4N4O/c10-6-5(1-3-15-7(6)17-14)8(18)16-4-2-9(11,12)13/h1,3H,2,4,14H2,(H,15,17)(H,16,18). The highest BCUT2D eigenvalue weighted by Crippen LogP contribution is 2.18. The van der Waals surface area contributed by atoms with Crippen LogP contribution in [0.1, 0.15) is 16.8 Å². The fraction of sp³-hybridized carbons (Fsp3) is 0.333. The van der Waals surface area contributed by atoms with Gasteiger partial charge in [-0.2, -0.15) is 13.2 Å². The lowest BCUT2D eigenvalue weighted by Gasteiger charge is -2.09. The van der Waals surface area contributed by atoms with Crippen molar-refractivity contribution in [2.45, 2.75) is 12.6 Å². The molecular formula is C9H10F4N4O. The Morgan fingerprint density at radius 3 is 2.67 bits per heavy atom. The van der Waals surface area contributed by atoms with Crippen LogP contribution in [-0.4, -0.2) is 23.6 Å². The number of nitrogens with two attached hydrogens (primary N) is 1. The van der Waals surface area contributed by atoms with Crippen molar-refractivity contribution in [3.05, 3.63) is 23.6 Å². The molecule has 0 radical (unpaired) electrons. The van der Waals surface area contributed by atoms with Crippen molar-refractivity contribution >= 4 is 11.7 Å². The number of alkyl halides is 3. The van der Waals surface area contributed by atoms with Gasteiger partial charge in [0.05, 0.1) is 12.0 Å². The zero-order chi connectivity index (χ0) is 13.8. The number of hydrogen-bond donors (Lipinski definition) is 3. The molecule has 0 saturated carbocycles. The summed E-state index contributed by atoms with van der Waals surface area (Å²) in [5.41, 5.74) is 1.49. The number of anilines is 1. The van der Waals surface area contributed by atoms with Crippen molar-refractivity contribution in [1.29, 1.82) is 0 Å². The summed E-state index contributed by atoms with van der Waals surface area (Å²) < 4.78 is 49.0. The van der Waals surface area contributed by atoms with Crippen molar-refractivity contribution in [1.82, 2.24) is 10.3 Å². The average molecular weight is 266 g/mol. The maximum Gasteiger partial charge on any atom is 0.390 e. The van der Waals surface area contributed by atoms with Crippen LogP contribution in [0.3, 0.4) is 0 Å². The van der Waals surface area contributed by atoms with Gasteiger partial charge in [0.25, 0.3) is 5.91 Å². The van der Waals surface area contributed by atoms with E-state index in [2.05, 4.69) is 4.98 Å². The van der Waals surface area contributed by atoms with Gasteiger partial charge in [-0.25, -0.2) is 15.2 Å². The highest BCUT2D eigenvalue weighted by molar-refractivity contribution is 5.95. The maximum absolute atomic E-state index is 13.5. The van der Waals surface area contributed by atoms with Gasteiger partial charge in [-0.15, -0.1) is 0 Å². The van der Waals surface area contributed by atoms with Crippen LogP contribution in [0.2, 0.25) is 0 Å². The summed E-state index contributed by atoms with van der Waals surface area (Å²) in [6.07, 6.45) is -4.46. The topological polar surface area (TPSA) is 80.0 Å². The molecule has 0 saturated heterocycles. The number of hydrogen-bond acceptors (Lipinski definition) is 4. The van der Waals surface area contributed by atoms with Gasteiger partial charge in [-0.05, 0) is 6.07 Å². The molecule has 0 fully saturated rings. The highest BCUT2D eigenvalue weighted by Gasteiger charge is 2.27. The molecule has 9 heteroatoms. The van der Waals surface area contributed by atoms with E-state index in [0.29, 0.717) is 0 Å². The molecule has 100 valence electrons. The van der Waals surface area contributed by atoms with E-state index in [4.69, 9.17) is 5.84 Å². The monoisotopic (exact) mass is 266 g/mol. The number of pyridine rings is 1. The minimum atomic E-state index is -4.38. The molecule has 0 aliphatic heterocycles. The number of halogens is 4. The number of amides is 1. The Balaban J connectivity index is 2.68. The van der Waals surface area contributed by atoms with Crippen molar-refractivity contribution in [3.8, 4) is 0 Å². The summed E-state index contributed by atoms with van der Waals surface area (Å²) in [7, 11) is 0. The number of carbonyl (C=O) groups excluding carboxylic acids is 1. The average Bonchev–Trinajstić information content (AvgIpc) is 2.27. The van der Waals surface area contributed by atoms with E-state index in [1.807, 2.05) is 10.7 Å². The van der Waals surface area contributed by atoms with E-state index in [9.17, 15) is 22.4 Å². The van der Waals surface area contributed by atoms with Gasteiger partial charge in [0, 0.05) is 12.7 Å². The minimum absolute atomic E-state index is 0.363. The maximum atomic E-state index is 13.5. The number of nitrogen functional groups attached to an aromatic ring is 1. The van der Waals surface area contributed by atoms with Gasteiger partial charge >= 0.3 is 6.18 Å². The number of carbonyl (C=O) groups is 1. The summed E-state index contributed by atoms with van der Waals surface area (Å²) >= 11 is 0. The lowest BCUT2D eigenvalue weighted by atomic mass is 10.2. The van der Waals surface area contributed by atoms with E-state index in [1.54, 1.807) is 0 Å². The van der Waals surface area contributed by atoms with Gasteiger partial charge in [0.2, 0.25) is 0 Å². The Hall–Kier alpha value is -1.90. The molecule has 1 amide bonds. The Morgan fingerprint density at radius 1 is 1.44 bits per heavy atom. The molecule has 0 atom stereocenters. The largest absolute Gasteiger partial charge is 0.390 e. The molecule has 18 heavy (non-hydrogen) atoms. The molecule has 1 heterocycles. The zero-order valence-corrected chi connectivity index (χ0v) is 9.01. The number of aromatic nitrogens is 1. The predicted molar refractivity (Wildman–Crippen MR) is 55.0 cm³/mol. The molecule has 0 bridgehead atoms. The highest BCUT2D eigenvalue weighted by atomic mass is 19.4. The summed E-state index contributed by atoms with van der Waals surface area (Å²) in [5.74, 6) is 2.60. The number of nitrogens with zero attached hydrogens (tertiary/aromatic N) is 1. The Bertz CT molecular complexity index is 435. The number of nitrogens with one attached hydrogen (secondary N) is 2. The number of rotatable bonds is 4. The summed E-state index contributed by atoms with van der Waals surface area (Å²) in [5, 5.41) is 1.95. The van der Waals surface area contributed by atoms with Crippen molar-refractivity contribution in [3.63, 3.8) is 0 Å². The van der Waals surface area contributed by atoms with Crippen LogP contribution in [0, 0.1) is 5.82 Å². The fourth-order valence-electron chi connectivity index (χ4n) is 1.13. The summed E-state index contributed by atoms with van der Waals surface area (Å²) in [4.78, 5) is 14.9. The van der Waals surface area contributed by atoms with E-state index >= 15 is 0 Å². The Morgan fingerprint density at radius 2 is 2.11 bits per heavy atom. The molecule has 1 aromatic heterocycles. The van der Waals surface area contributed by atoms with E-state index in [-0.39, 0.29) is 5.82 Å². The minimum Gasteiger partial charge on any atom is -0.352 e. The second kappa shape index (κ2) is 5.63. The van der Waals surface area contributed by atoms with Gasteiger partial charge in [0.15, 0.2) is 11.6 Å². The Labute approximate surface area is 99.3 Å². The van der Waals surface area contributed by atoms with Crippen molar-refractivity contribution in [2.24, 2.45) is 5.84 Å². The fourth-order valence-corrected chi connectivity index (χ4v) is 1.13. The molecule has 0 aliphatic carbocycles. The van der Waals surface area contributed by atoms with Crippen LogP contribution in [0.4, 0.5) is 23.4 Å². The van der Waals surface area contributed by atoms with Crippen LogP contribution in [0.15, 0.2) is 12.3 Å². The number of hydrazine groups is 1. The van der Waals surface area contributed by atoms with Crippen LogP contribution in [0.25, 0.3) is 0 Å². The molecule has 1 rings (SSSR count). The third-order valence-electron chi connectivity index (χ3n) is 1.96. The lowest BCUT2D eigenvalue weighted by Crippen LogP contribution is -2.29. The first-order chi connectivity index (χ1) is 8.35. The molecule has 0 aromatic carbocycles. The third kappa shape index (κ3) is 3.84. The third-order valence-corrected chi connectivity index (χ3v) is 1.96. The van der Waals surface area contributed by atoms with Crippen LogP contribution in [0.5, 0.6) is 0 Å². The first-order valence-corrected chi connectivity index (χ1v) is 4.81. The molecule has 1 aromatic rings. The molecular weight excluding hydrogens is 256 g/mol. The first kappa shape index (κ1) is 14.2. The predicted octanol–water partition coefficient (Wildman–Crippen LogP) is 1.19. The molecule has 0 spiro atoms. The molecule has 5 nitrogen and oxygen atoms in total. The van der Waals surface area contributed by atoms with E-state index in [0.717, 1.165) is 12.3 Å². The lowest BCUT2D eigenvalue weighted by molar-refractivity contribution is -0.132. The van der Waals surface area contributed by atoms with Gasteiger partial charge in [-0.1, -0.05) is 0 Å². The molecule has 4 N–H and O–H groups in total. The van der Waals surface area contributed by atoms with Crippen LogP contribution >= 0.6 is 0 Å². The summed E-state index contributed by atoms with van der Waals surface area (Å²) in [6, 6.07) is 1.04. The first-order valence-electron chi connectivity index (χ1n) is 4.81. The quantitative estimate of drug-likeness (QED) is 0.434. The second-order valence-electron chi connectivity index (χ2n) is 3.29. The van der Waals surface area contributed by atoms with Gasteiger partial charge < -0.3 is 10.7 Å². The normalized spacial score (nSPS) is 11.2. The van der Waals surface area contributed by atoms with Crippen LogP contribution < -0.4 is 16.6 Å². The zero-order valence-electron chi connectivity index (χ0n) is 9.01. The molecule has 0 aliphatic rings. The second-order valence-corrected chi connectivity index (χ2v) is 3.29.